The van der Waals surface area contributed by atoms with Crippen molar-refractivity contribution in [1.29, 1.82) is 0 Å². The fourth-order valence-electron chi connectivity index (χ4n) is 2.32. The Bertz CT molecular complexity index is 191. The highest BCUT2D eigenvalue weighted by atomic mass is 16.1. The molecule has 2 heteroatoms. The maximum Gasteiger partial charge on any atom is 0.222 e. The second kappa shape index (κ2) is 7.70. The summed E-state index contributed by atoms with van der Waals surface area (Å²) in [5.41, 5.74) is 0. The molecule has 0 aromatic carbocycles. The van der Waals surface area contributed by atoms with Gasteiger partial charge in [0.1, 0.15) is 0 Å². The predicted molar refractivity (Wildman–Crippen MR) is 68.3 cm³/mol. The monoisotopic (exact) mass is 225 g/mol. The van der Waals surface area contributed by atoms with Crippen LogP contribution in [-0.2, 0) is 4.79 Å². The Morgan fingerprint density at radius 1 is 0.938 bits per heavy atom. The van der Waals surface area contributed by atoms with Gasteiger partial charge in [0.15, 0.2) is 0 Å². The largest absolute Gasteiger partial charge is 0.353 e. The maximum atomic E-state index is 11.7. The number of hydrogen-bond donors (Lipinski definition) is 1. The molecule has 0 saturated heterocycles. The van der Waals surface area contributed by atoms with E-state index in [0.29, 0.717) is 6.04 Å². The van der Waals surface area contributed by atoms with Crippen LogP contribution in [0.15, 0.2) is 0 Å². The molecule has 0 aliphatic heterocycles. The van der Waals surface area contributed by atoms with Crippen LogP contribution in [0.1, 0.15) is 71.6 Å². The van der Waals surface area contributed by atoms with Gasteiger partial charge in [-0.25, -0.2) is 0 Å². The van der Waals surface area contributed by atoms with Crippen LogP contribution in [0.4, 0.5) is 0 Å². The average molecular weight is 225 g/mol. The van der Waals surface area contributed by atoms with Gasteiger partial charge >= 0.3 is 0 Å². The van der Waals surface area contributed by atoms with Crippen molar-refractivity contribution in [1.82, 2.24) is 5.32 Å². The van der Waals surface area contributed by atoms with E-state index in [4.69, 9.17) is 0 Å². The number of rotatable bonds is 2. The van der Waals surface area contributed by atoms with Crippen molar-refractivity contribution in [2.24, 2.45) is 5.92 Å². The Morgan fingerprint density at radius 2 is 1.38 bits per heavy atom. The van der Waals surface area contributed by atoms with E-state index in [9.17, 15) is 4.79 Å². The van der Waals surface area contributed by atoms with Gasteiger partial charge in [0.25, 0.3) is 0 Å². The molecule has 0 spiro atoms. The second-order valence-corrected chi connectivity index (χ2v) is 5.41. The summed E-state index contributed by atoms with van der Waals surface area (Å²) in [6.07, 6.45) is 11.8. The molecule has 1 saturated carbocycles. The quantitative estimate of drug-likeness (QED) is 0.763. The summed E-state index contributed by atoms with van der Waals surface area (Å²) < 4.78 is 0. The molecular formula is C14H27NO. The summed E-state index contributed by atoms with van der Waals surface area (Å²) >= 11 is 0. The Hall–Kier alpha value is -0.530. The molecule has 0 atom stereocenters. The molecular weight excluding hydrogens is 198 g/mol. The van der Waals surface area contributed by atoms with E-state index in [-0.39, 0.29) is 11.8 Å². The van der Waals surface area contributed by atoms with E-state index >= 15 is 0 Å². The van der Waals surface area contributed by atoms with Crippen LogP contribution in [0, 0.1) is 5.92 Å². The van der Waals surface area contributed by atoms with Crippen molar-refractivity contribution < 1.29 is 4.79 Å². The second-order valence-electron chi connectivity index (χ2n) is 5.41. The molecule has 1 N–H and O–H groups in total. The van der Waals surface area contributed by atoms with Crippen LogP contribution in [0.2, 0.25) is 0 Å². The zero-order valence-corrected chi connectivity index (χ0v) is 10.9. The first-order valence-electron chi connectivity index (χ1n) is 7.00. The number of amides is 1. The van der Waals surface area contributed by atoms with Crippen molar-refractivity contribution in [3.8, 4) is 0 Å². The summed E-state index contributed by atoms with van der Waals surface area (Å²) in [6.45, 7) is 3.94. The van der Waals surface area contributed by atoms with Gasteiger partial charge in [-0.05, 0) is 12.8 Å². The van der Waals surface area contributed by atoms with Crippen LogP contribution in [-0.4, -0.2) is 11.9 Å². The van der Waals surface area contributed by atoms with Crippen LogP contribution < -0.4 is 5.32 Å². The van der Waals surface area contributed by atoms with Crippen molar-refractivity contribution >= 4 is 5.91 Å². The molecule has 94 valence electrons. The van der Waals surface area contributed by atoms with Crippen LogP contribution in [0.3, 0.4) is 0 Å². The molecule has 0 aromatic heterocycles. The molecule has 0 aromatic rings. The summed E-state index contributed by atoms with van der Waals surface area (Å²) in [6, 6.07) is 0.438. The lowest BCUT2D eigenvalue weighted by Crippen LogP contribution is -2.37. The lowest BCUT2D eigenvalue weighted by molar-refractivity contribution is -0.124. The molecule has 0 bridgehead atoms. The van der Waals surface area contributed by atoms with Gasteiger partial charge in [0.05, 0.1) is 0 Å². The van der Waals surface area contributed by atoms with Crippen molar-refractivity contribution in [2.75, 3.05) is 0 Å². The van der Waals surface area contributed by atoms with Crippen molar-refractivity contribution in [3.63, 3.8) is 0 Å². The van der Waals surface area contributed by atoms with Crippen LogP contribution >= 0.6 is 0 Å². The first-order chi connectivity index (χ1) is 7.70. The molecule has 1 amide bonds. The molecule has 1 aliphatic carbocycles. The predicted octanol–water partition coefficient (Wildman–Crippen LogP) is 3.65. The number of hydrogen-bond acceptors (Lipinski definition) is 1. The zero-order valence-electron chi connectivity index (χ0n) is 10.9. The lowest BCUT2D eigenvalue weighted by Gasteiger charge is -2.21. The summed E-state index contributed by atoms with van der Waals surface area (Å²) in [4.78, 5) is 11.7. The zero-order chi connectivity index (χ0) is 11.8. The summed E-state index contributed by atoms with van der Waals surface area (Å²) in [5, 5.41) is 3.20. The van der Waals surface area contributed by atoms with Gasteiger partial charge in [0.2, 0.25) is 5.91 Å². The van der Waals surface area contributed by atoms with Gasteiger partial charge in [-0.15, -0.1) is 0 Å². The normalized spacial score (nSPS) is 20.7. The topological polar surface area (TPSA) is 29.1 Å². The number of carbonyl (C=O) groups excluding carboxylic acids is 1. The SMILES string of the molecule is CC(C)C(=O)NC1CCCCCCCCC1. The smallest absolute Gasteiger partial charge is 0.222 e. The average Bonchev–Trinajstić information content (AvgIpc) is 2.27. The van der Waals surface area contributed by atoms with Gasteiger partial charge in [-0.2, -0.15) is 0 Å². The Kier molecular flexibility index (Phi) is 6.51. The summed E-state index contributed by atoms with van der Waals surface area (Å²) in [7, 11) is 0. The third kappa shape index (κ3) is 5.53. The minimum absolute atomic E-state index is 0.121. The van der Waals surface area contributed by atoms with Crippen molar-refractivity contribution in [3.05, 3.63) is 0 Å². The molecule has 16 heavy (non-hydrogen) atoms. The molecule has 0 unspecified atom stereocenters. The minimum atomic E-state index is 0.121. The fraction of sp³-hybridized carbons (Fsp3) is 0.929. The van der Waals surface area contributed by atoms with E-state index in [1.807, 2.05) is 13.8 Å². The lowest BCUT2D eigenvalue weighted by atomic mass is 9.97. The Balaban J connectivity index is 2.32. The Morgan fingerprint density at radius 3 is 1.81 bits per heavy atom. The molecule has 1 fully saturated rings. The Labute approximate surface area is 100 Å². The molecule has 0 radical (unpaired) electrons. The molecule has 1 rings (SSSR count). The van der Waals surface area contributed by atoms with E-state index in [0.717, 1.165) is 0 Å². The van der Waals surface area contributed by atoms with Gasteiger partial charge < -0.3 is 5.32 Å². The van der Waals surface area contributed by atoms with Gasteiger partial charge in [-0.3, -0.25) is 4.79 Å². The first-order valence-corrected chi connectivity index (χ1v) is 7.00. The highest BCUT2D eigenvalue weighted by Gasteiger charge is 2.14. The maximum absolute atomic E-state index is 11.7. The van der Waals surface area contributed by atoms with E-state index in [1.54, 1.807) is 0 Å². The van der Waals surface area contributed by atoms with Gasteiger partial charge in [-0.1, -0.05) is 58.8 Å². The van der Waals surface area contributed by atoms with Crippen LogP contribution in [0.25, 0.3) is 0 Å². The summed E-state index contributed by atoms with van der Waals surface area (Å²) in [5.74, 6) is 0.345. The highest BCUT2D eigenvalue weighted by molar-refractivity contribution is 5.78. The third-order valence-corrected chi connectivity index (χ3v) is 3.48. The van der Waals surface area contributed by atoms with Gasteiger partial charge in [0, 0.05) is 12.0 Å². The third-order valence-electron chi connectivity index (χ3n) is 3.48. The van der Waals surface area contributed by atoms with Crippen molar-refractivity contribution in [2.45, 2.75) is 77.7 Å². The first kappa shape index (κ1) is 13.5. The van der Waals surface area contributed by atoms with E-state index in [1.165, 1.54) is 57.8 Å². The highest BCUT2D eigenvalue weighted by Crippen LogP contribution is 2.17. The van der Waals surface area contributed by atoms with E-state index < -0.39 is 0 Å². The molecule has 2 nitrogen and oxygen atoms in total. The fourth-order valence-corrected chi connectivity index (χ4v) is 2.32. The minimum Gasteiger partial charge on any atom is -0.353 e. The van der Waals surface area contributed by atoms with Crippen LogP contribution in [0.5, 0.6) is 0 Å². The standard InChI is InChI=1S/C14H27NO/c1-12(2)14(16)15-13-10-8-6-4-3-5-7-9-11-13/h12-13H,3-11H2,1-2H3,(H,15,16). The number of nitrogens with one attached hydrogen (secondary N) is 1. The molecule has 1 aliphatic rings. The molecule has 0 heterocycles. The number of carbonyl (C=O) groups is 1. The van der Waals surface area contributed by atoms with E-state index in [2.05, 4.69) is 5.32 Å².